The first-order valence-electron chi connectivity index (χ1n) is 8.47. The minimum Gasteiger partial charge on any atom is -0.455 e. The highest BCUT2D eigenvalue weighted by Crippen LogP contribution is 2.28. The van der Waals surface area contributed by atoms with E-state index >= 15 is 0 Å². The molecule has 7 heteroatoms. The van der Waals surface area contributed by atoms with Crippen LogP contribution in [0, 0.1) is 0 Å². The number of hydrogen-bond acceptors (Lipinski definition) is 5. The number of hydrogen-bond donors (Lipinski definition) is 3. The third kappa shape index (κ3) is 4.52. The second-order valence-corrected chi connectivity index (χ2v) is 5.89. The fourth-order valence-corrected chi connectivity index (χ4v) is 2.50. The SMILES string of the molecule is CNC(=O)NC(=O)C(C)Nc1ccc(Oc2cccc3cccnc23)cc1. The second-order valence-electron chi connectivity index (χ2n) is 5.89. The summed E-state index contributed by atoms with van der Waals surface area (Å²) in [6.07, 6.45) is 1.73. The first-order chi connectivity index (χ1) is 13.1. The summed E-state index contributed by atoms with van der Waals surface area (Å²) in [5, 5.41) is 8.60. The highest BCUT2D eigenvalue weighted by molar-refractivity contribution is 5.97. The number of ether oxygens (including phenoxy) is 1. The number of anilines is 1. The Morgan fingerprint density at radius 2 is 1.78 bits per heavy atom. The zero-order valence-corrected chi connectivity index (χ0v) is 15.0. The minimum absolute atomic E-state index is 0.420. The van der Waals surface area contributed by atoms with E-state index in [9.17, 15) is 9.59 Å². The van der Waals surface area contributed by atoms with Gasteiger partial charge in [-0.2, -0.15) is 0 Å². The lowest BCUT2D eigenvalue weighted by Crippen LogP contribution is -2.44. The molecule has 138 valence electrons. The molecule has 0 bridgehead atoms. The number of pyridine rings is 1. The molecular weight excluding hydrogens is 344 g/mol. The lowest BCUT2D eigenvalue weighted by molar-refractivity contribution is -0.120. The summed E-state index contributed by atoms with van der Waals surface area (Å²) >= 11 is 0. The number of carbonyl (C=O) groups excluding carboxylic acids is 2. The lowest BCUT2D eigenvalue weighted by atomic mass is 10.2. The van der Waals surface area contributed by atoms with Crippen LogP contribution in [0.5, 0.6) is 11.5 Å². The second kappa shape index (κ2) is 8.18. The molecule has 0 aliphatic heterocycles. The van der Waals surface area contributed by atoms with Gasteiger partial charge in [-0.05, 0) is 43.3 Å². The van der Waals surface area contributed by atoms with Crippen LogP contribution in [0.4, 0.5) is 10.5 Å². The van der Waals surface area contributed by atoms with E-state index in [1.807, 2.05) is 30.3 Å². The Hall–Kier alpha value is -3.61. The molecule has 1 aromatic heterocycles. The zero-order valence-electron chi connectivity index (χ0n) is 15.0. The summed E-state index contributed by atoms with van der Waals surface area (Å²) in [5.41, 5.74) is 1.53. The van der Waals surface area contributed by atoms with E-state index in [0.717, 1.165) is 16.6 Å². The summed E-state index contributed by atoms with van der Waals surface area (Å²) in [6, 6.07) is 15.7. The summed E-state index contributed by atoms with van der Waals surface area (Å²) < 4.78 is 5.94. The normalized spacial score (nSPS) is 11.5. The number of aromatic nitrogens is 1. The number of urea groups is 1. The van der Waals surface area contributed by atoms with Gasteiger partial charge in [-0.25, -0.2) is 4.79 Å². The average molecular weight is 364 g/mol. The van der Waals surface area contributed by atoms with Crippen molar-refractivity contribution in [1.82, 2.24) is 15.6 Å². The standard InChI is InChI=1S/C20H20N4O3/c1-13(19(25)24-20(26)21-2)23-15-8-10-16(11-9-15)27-17-7-3-5-14-6-4-12-22-18(14)17/h3-13,23H,1-2H3,(H2,21,24,25,26). The van der Waals surface area contributed by atoms with Crippen molar-refractivity contribution < 1.29 is 14.3 Å². The number of rotatable bonds is 5. The van der Waals surface area contributed by atoms with Crippen molar-refractivity contribution in [2.75, 3.05) is 12.4 Å². The molecule has 7 nitrogen and oxygen atoms in total. The lowest BCUT2D eigenvalue weighted by Gasteiger charge is -2.15. The number of amides is 3. The number of nitrogens with zero attached hydrogens (tertiary/aromatic N) is 1. The smallest absolute Gasteiger partial charge is 0.321 e. The minimum atomic E-state index is -0.573. The molecule has 0 saturated carbocycles. The van der Waals surface area contributed by atoms with Crippen molar-refractivity contribution in [2.45, 2.75) is 13.0 Å². The van der Waals surface area contributed by atoms with Gasteiger partial charge in [-0.15, -0.1) is 0 Å². The molecule has 1 heterocycles. The van der Waals surface area contributed by atoms with Crippen LogP contribution in [0.15, 0.2) is 60.8 Å². The number of benzene rings is 2. The van der Waals surface area contributed by atoms with E-state index in [2.05, 4.69) is 20.9 Å². The van der Waals surface area contributed by atoms with Gasteiger partial charge in [0.15, 0.2) is 5.75 Å². The fraction of sp³-hybridized carbons (Fsp3) is 0.150. The molecule has 3 aromatic rings. The Kier molecular flexibility index (Phi) is 5.51. The van der Waals surface area contributed by atoms with E-state index in [0.29, 0.717) is 11.5 Å². The highest BCUT2D eigenvalue weighted by atomic mass is 16.5. The molecule has 3 N–H and O–H groups in total. The Morgan fingerprint density at radius 1 is 1.04 bits per heavy atom. The van der Waals surface area contributed by atoms with E-state index in [1.165, 1.54) is 7.05 Å². The van der Waals surface area contributed by atoms with Gasteiger partial charge < -0.3 is 15.4 Å². The van der Waals surface area contributed by atoms with Crippen molar-refractivity contribution in [1.29, 1.82) is 0 Å². The number of para-hydroxylation sites is 1. The van der Waals surface area contributed by atoms with Crippen LogP contribution >= 0.6 is 0 Å². The first kappa shape index (κ1) is 18.2. The number of imide groups is 1. The monoisotopic (exact) mass is 364 g/mol. The third-order valence-electron chi connectivity index (χ3n) is 3.92. The van der Waals surface area contributed by atoms with Gasteiger partial charge >= 0.3 is 6.03 Å². The maximum absolute atomic E-state index is 11.9. The van der Waals surface area contributed by atoms with Crippen molar-refractivity contribution in [3.05, 3.63) is 60.8 Å². The van der Waals surface area contributed by atoms with E-state index in [-0.39, 0.29) is 0 Å². The maximum Gasteiger partial charge on any atom is 0.321 e. The van der Waals surface area contributed by atoms with Gasteiger partial charge in [0.05, 0.1) is 0 Å². The van der Waals surface area contributed by atoms with Crippen LogP contribution in [0.2, 0.25) is 0 Å². The van der Waals surface area contributed by atoms with Crippen molar-refractivity contribution in [3.8, 4) is 11.5 Å². The topological polar surface area (TPSA) is 92.4 Å². The molecule has 3 rings (SSSR count). The molecular formula is C20H20N4O3. The summed E-state index contributed by atoms with van der Waals surface area (Å²) in [5.74, 6) is 0.907. The van der Waals surface area contributed by atoms with Crippen LogP contribution in [-0.2, 0) is 4.79 Å². The number of nitrogens with one attached hydrogen (secondary N) is 3. The number of fused-ring (bicyclic) bond motifs is 1. The third-order valence-corrected chi connectivity index (χ3v) is 3.92. The average Bonchev–Trinajstić information content (AvgIpc) is 2.69. The molecule has 0 spiro atoms. The fourth-order valence-electron chi connectivity index (χ4n) is 2.50. The molecule has 1 unspecified atom stereocenters. The summed E-state index contributed by atoms with van der Waals surface area (Å²) in [4.78, 5) is 27.5. The molecule has 0 aliphatic rings. The predicted octanol–water partition coefficient (Wildman–Crippen LogP) is 3.28. The van der Waals surface area contributed by atoms with Crippen LogP contribution in [0.25, 0.3) is 10.9 Å². The van der Waals surface area contributed by atoms with E-state index < -0.39 is 18.0 Å². The molecule has 0 aliphatic carbocycles. The summed E-state index contributed by atoms with van der Waals surface area (Å²) in [6.45, 7) is 1.67. The highest BCUT2D eigenvalue weighted by Gasteiger charge is 2.14. The van der Waals surface area contributed by atoms with Gasteiger partial charge in [-0.3, -0.25) is 15.1 Å². The quantitative estimate of drug-likeness (QED) is 0.646. The van der Waals surface area contributed by atoms with Gasteiger partial charge in [0.2, 0.25) is 5.91 Å². The zero-order chi connectivity index (χ0) is 19.2. The van der Waals surface area contributed by atoms with Crippen LogP contribution in [0.1, 0.15) is 6.92 Å². The largest absolute Gasteiger partial charge is 0.455 e. The van der Waals surface area contributed by atoms with Gasteiger partial charge in [0, 0.05) is 24.3 Å². The molecule has 0 saturated heterocycles. The van der Waals surface area contributed by atoms with E-state index in [4.69, 9.17) is 4.74 Å². The van der Waals surface area contributed by atoms with Gasteiger partial charge in [0.1, 0.15) is 17.3 Å². The van der Waals surface area contributed by atoms with Crippen LogP contribution < -0.4 is 20.7 Å². The Morgan fingerprint density at radius 3 is 2.52 bits per heavy atom. The van der Waals surface area contributed by atoms with Crippen molar-refractivity contribution in [2.24, 2.45) is 0 Å². The van der Waals surface area contributed by atoms with Crippen molar-refractivity contribution >= 4 is 28.5 Å². The first-order valence-corrected chi connectivity index (χ1v) is 8.47. The van der Waals surface area contributed by atoms with Crippen LogP contribution in [-0.4, -0.2) is 30.0 Å². The van der Waals surface area contributed by atoms with Crippen LogP contribution in [0.3, 0.4) is 0 Å². The van der Waals surface area contributed by atoms with Crippen molar-refractivity contribution in [3.63, 3.8) is 0 Å². The Balaban J connectivity index is 1.67. The van der Waals surface area contributed by atoms with Gasteiger partial charge in [-0.1, -0.05) is 18.2 Å². The molecule has 3 amide bonds. The maximum atomic E-state index is 11.9. The molecule has 27 heavy (non-hydrogen) atoms. The molecule has 0 fully saturated rings. The molecule has 2 aromatic carbocycles. The van der Waals surface area contributed by atoms with E-state index in [1.54, 1.807) is 37.4 Å². The molecule has 0 radical (unpaired) electrons. The molecule has 1 atom stereocenters. The Labute approximate surface area is 156 Å². The Bertz CT molecular complexity index is 952. The summed E-state index contributed by atoms with van der Waals surface area (Å²) in [7, 11) is 1.45. The number of carbonyl (C=O) groups is 2. The predicted molar refractivity (Wildman–Crippen MR) is 104 cm³/mol. The van der Waals surface area contributed by atoms with Gasteiger partial charge in [0.25, 0.3) is 0 Å².